The fourth-order valence-corrected chi connectivity index (χ4v) is 4.15. The fourth-order valence-electron chi connectivity index (χ4n) is 2.90. The number of nitrogens with zero attached hydrogens (tertiary/aromatic N) is 3. The molecule has 1 heterocycles. The summed E-state index contributed by atoms with van der Waals surface area (Å²) in [5, 5.41) is 11.5. The largest absolute Gasteiger partial charge is 0.494 e. The summed E-state index contributed by atoms with van der Waals surface area (Å²) < 4.78 is 13.7. The van der Waals surface area contributed by atoms with E-state index in [-0.39, 0.29) is 16.3 Å². The number of nitro groups is 1. The first kappa shape index (κ1) is 21.9. The lowest BCUT2D eigenvalue weighted by Gasteiger charge is -2.06. The molecule has 0 saturated heterocycles. The summed E-state index contributed by atoms with van der Waals surface area (Å²) in [6.45, 7) is 5.82. The standard InChI is InChI=1S/C20H20ClN3O5S/c1-3-28-10-9-23-17-8-6-14(29-4-2)12-18(17)30-20(23)22-19(25)15-11-13(21)5-7-16(15)24(26)27/h5-8,11-12H,3-4,9-10H2,1-2H3. The molecule has 0 bridgehead atoms. The van der Waals surface area contributed by atoms with E-state index in [4.69, 9.17) is 21.1 Å². The van der Waals surface area contributed by atoms with Crippen molar-refractivity contribution in [1.29, 1.82) is 0 Å². The quantitative estimate of drug-likeness (QED) is 0.288. The summed E-state index contributed by atoms with van der Waals surface area (Å²) in [4.78, 5) is 28.1. The SMILES string of the molecule is CCOCCn1c(=NC(=O)c2cc(Cl)ccc2[N+](=O)[O-])sc2cc(OCC)ccc21. The van der Waals surface area contributed by atoms with Gasteiger partial charge < -0.3 is 14.0 Å². The molecule has 10 heteroatoms. The number of amides is 1. The molecular weight excluding hydrogens is 430 g/mol. The van der Waals surface area contributed by atoms with Crippen LogP contribution in [-0.2, 0) is 11.3 Å². The molecular formula is C20H20ClN3O5S. The zero-order valence-electron chi connectivity index (χ0n) is 16.5. The van der Waals surface area contributed by atoms with Gasteiger partial charge in [-0.15, -0.1) is 0 Å². The average molecular weight is 450 g/mol. The number of halogens is 1. The minimum absolute atomic E-state index is 0.156. The van der Waals surface area contributed by atoms with Crippen LogP contribution in [0.4, 0.5) is 5.69 Å². The van der Waals surface area contributed by atoms with Gasteiger partial charge in [-0.25, -0.2) is 0 Å². The van der Waals surface area contributed by atoms with E-state index in [0.717, 1.165) is 10.2 Å². The van der Waals surface area contributed by atoms with Crippen LogP contribution in [0.25, 0.3) is 10.2 Å². The van der Waals surface area contributed by atoms with Gasteiger partial charge in [-0.3, -0.25) is 14.9 Å². The van der Waals surface area contributed by atoms with Crippen molar-refractivity contribution in [3.05, 3.63) is 61.9 Å². The van der Waals surface area contributed by atoms with Gasteiger partial charge in [0.25, 0.3) is 11.6 Å². The Hall–Kier alpha value is -2.75. The Kier molecular flexibility index (Phi) is 7.20. The highest BCUT2D eigenvalue weighted by atomic mass is 35.5. The summed E-state index contributed by atoms with van der Waals surface area (Å²) in [6.07, 6.45) is 0. The third-order valence-corrected chi connectivity index (χ3v) is 5.49. The molecule has 0 N–H and O–H groups in total. The van der Waals surface area contributed by atoms with Gasteiger partial charge in [0.1, 0.15) is 11.3 Å². The van der Waals surface area contributed by atoms with E-state index in [1.54, 1.807) is 0 Å². The molecule has 2 aromatic carbocycles. The minimum atomic E-state index is -0.731. The van der Waals surface area contributed by atoms with Gasteiger partial charge in [-0.1, -0.05) is 22.9 Å². The number of ether oxygens (including phenoxy) is 2. The molecule has 3 rings (SSSR count). The molecule has 0 unspecified atom stereocenters. The van der Waals surface area contributed by atoms with Gasteiger partial charge in [0.15, 0.2) is 4.80 Å². The molecule has 1 aromatic heterocycles. The lowest BCUT2D eigenvalue weighted by atomic mass is 10.2. The number of fused-ring (bicyclic) bond motifs is 1. The number of aromatic nitrogens is 1. The molecule has 30 heavy (non-hydrogen) atoms. The number of hydrogen-bond acceptors (Lipinski definition) is 6. The Morgan fingerprint density at radius 2 is 2.03 bits per heavy atom. The van der Waals surface area contributed by atoms with Crippen molar-refractivity contribution in [1.82, 2.24) is 4.57 Å². The Balaban J connectivity index is 2.12. The van der Waals surface area contributed by atoms with E-state index in [9.17, 15) is 14.9 Å². The summed E-state index contributed by atoms with van der Waals surface area (Å²) in [7, 11) is 0. The number of carbonyl (C=O) groups excluding carboxylic acids is 1. The second-order valence-corrected chi connectivity index (χ2v) is 7.58. The van der Waals surface area contributed by atoms with Gasteiger partial charge in [-0.2, -0.15) is 4.99 Å². The molecule has 0 radical (unpaired) electrons. The van der Waals surface area contributed by atoms with Crippen molar-refractivity contribution < 1.29 is 19.2 Å². The molecule has 0 saturated carbocycles. The summed E-state index contributed by atoms with van der Waals surface area (Å²) in [6, 6.07) is 9.46. The third kappa shape index (κ3) is 4.86. The van der Waals surface area contributed by atoms with Crippen LogP contribution < -0.4 is 9.54 Å². The number of hydrogen-bond donors (Lipinski definition) is 0. The van der Waals surface area contributed by atoms with Crippen LogP contribution in [0.5, 0.6) is 5.75 Å². The van der Waals surface area contributed by atoms with E-state index in [2.05, 4.69) is 4.99 Å². The van der Waals surface area contributed by atoms with E-state index in [0.29, 0.717) is 36.9 Å². The first-order chi connectivity index (χ1) is 14.4. The predicted octanol–water partition coefficient (Wildman–Crippen LogP) is 4.44. The molecule has 0 aliphatic rings. The van der Waals surface area contributed by atoms with Crippen LogP contribution in [-0.4, -0.2) is 35.2 Å². The lowest BCUT2D eigenvalue weighted by molar-refractivity contribution is -0.385. The highest BCUT2D eigenvalue weighted by molar-refractivity contribution is 7.16. The molecule has 8 nitrogen and oxygen atoms in total. The summed E-state index contributed by atoms with van der Waals surface area (Å²) in [5.41, 5.74) is 0.375. The number of thiazole rings is 1. The zero-order chi connectivity index (χ0) is 21.7. The van der Waals surface area contributed by atoms with Gasteiger partial charge in [-0.05, 0) is 44.2 Å². The van der Waals surface area contributed by atoms with E-state index >= 15 is 0 Å². The normalized spacial score (nSPS) is 11.8. The number of nitro benzene ring substituents is 1. The van der Waals surface area contributed by atoms with E-state index < -0.39 is 10.8 Å². The zero-order valence-corrected chi connectivity index (χ0v) is 18.0. The maximum Gasteiger partial charge on any atom is 0.286 e. The second-order valence-electron chi connectivity index (χ2n) is 6.13. The number of benzene rings is 2. The van der Waals surface area contributed by atoms with Crippen molar-refractivity contribution >= 4 is 44.7 Å². The fraction of sp³-hybridized carbons (Fsp3) is 0.300. The monoisotopic (exact) mass is 449 g/mol. The Morgan fingerprint density at radius 3 is 2.73 bits per heavy atom. The summed E-state index contributed by atoms with van der Waals surface area (Å²) in [5.74, 6) is -0.0162. The molecule has 0 aliphatic heterocycles. The number of carbonyl (C=O) groups is 1. The van der Waals surface area contributed by atoms with E-state index in [1.165, 1.54) is 29.5 Å². The Bertz CT molecular complexity index is 1160. The van der Waals surface area contributed by atoms with Crippen molar-refractivity contribution in [2.75, 3.05) is 19.8 Å². The molecule has 0 spiro atoms. The Morgan fingerprint density at radius 1 is 1.23 bits per heavy atom. The first-order valence-corrected chi connectivity index (χ1v) is 10.5. The number of rotatable bonds is 8. The van der Waals surface area contributed by atoms with Crippen molar-refractivity contribution in [2.45, 2.75) is 20.4 Å². The van der Waals surface area contributed by atoms with Crippen LogP contribution in [0.2, 0.25) is 5.02 Å². The Labute approximate surface area is 181 Å². The van der Waals surface area contributed by atoms with Crippen LogP contribution in [0, 0.1) is 10.1 Å². The maximum absolute atomic E-state index is 12.8. The molecule has 0 atom stereocenters. The topological polar surface area (TPSA) is 96.0 Å². The molecule has 3 aromatic rings. The second kappa shape index (κ2) is 9.84. The molecule has 158 valence electrons. The van der Waals surface area contributed by atoms with Crippen molar-refractivity contribution in [3.63, 3.8) is 0 Å². The minimum Gasteiger partial charge on any atom is -0.494 e. The van der Waals surface area contributed by atoms with E-state index in [1.807, 2.05) is 36.6 Å². The summed E-state index contributed by atoms with van der Waals surface area (Å²) >= 11 is 7.25. The first-order valence-electron chi connectivity index (χ1n) is 9.31. The molecule has 1 amide bonds. The smallest absolute Gasteiger partial charge is 0.286 e. The highest BCUT2D eigenvalue weighted by Crippen LogP contribution is 2.25. The van der Waals surface area contributed by atoms with Crippen molar-refractivity contribution in [3.8, 4) is 5.75 Å². The van der Waals surface area contributed by atoms with Gasteiger partial charge >= 0.3 is 0 Å². The average Bonchev–Trinajstić information content (AvgIpc) is 3.04. The van der Waals surface area contributed by atoms with Crippen LogP contribution in [0.3, 0.4) is 0 Å². The van der Waals surface area contributed by atoms with Gasteiger partial charge in [0.05, 0.1) is 28.4 Å². The van der Waals surface area contributed by atoms with Crippen LogP contribution in [0.1, 0.15) is 24.2 Å². The highest BCUT2D eigenvalue weighted by Gasteiger charge is 2.21. The van der Waals surface area contributed by atoms with Gasteiger partial charge in [0.2, 0.25) is 0 Å². The maximum atomic E-state index is 12.8. The van der Waals surface area contributed by atoms with Gasteiger partial charge in [0, 0.05) is 24.2 Å². The third-order valence-electron chi connectivity index (χ3n) is 4.21. The van der Waals surface area contributed by atoms with Crippen molar-refractivity contribution in [2.24, 2.45) is 4.99 Å². The lowest BCUT2D eigenvalue weighted by Crippen LogP contribution is -2.20. The predicted molar refractivity (Wildman–Crippen MR) is 115 cm³/mol. The van der Waals surface area contributed by atoms with Crippen LogP contribution >= 0.6 is 22.9 Å². The van der Waals surface area contributed by atoms with Crippen LogP contribution in [0.15, 0.2) is 41.4 Å². The molecule has 0 fully saturated rings. The molecule has 0 aliphatic carbocycles.